The Balaban J connectivity index is 1.53. The zero-order valence-corrected chi connectivity index (χ0v) is 20.1. The number of ketones is 1. The van der Waals surface area contributed by atoms with Gasteiger partial charge >= 0.3 is 0 Å². The van der Waals surface area contributed by atoms with E-state index in [1.807, 2.05) is 30.3 Å². The van der Waals surface area contributed by atoms with Gasteiger partial charge in [-0.1, -0.05) is 18.2 Å². The molecule has 2 aromatic carbocycles. The lowest BCUT2D eigenvalue weighted by Crippen LogP contribution is -2.35. The van der Waals surface area contributed by atoms with Crippen molar-refractivity contribution in [2.45, 2.75) is 26.7 Å². The second-order valence-electron chi connectivity index (χ2n) is 7.75. The zero-order chi connectivity index (χ0) is 24.5. The summed E-state index contributed by atoms with van der Waals surface area (Å²) in [5, 5.41) is 2.83. The number of carbonyl (C=O) groups is 2. The molecule has 0 fully saturated rings. The Bertz CT molecular complexity index is 1110. The molecule has 0 saturated carbocycles. The van der Waals surface area contributed by atoms with Crippen LogP contribution >= 0.6 is 0 Å². The van der Waals surface area contributed by atoms with Gasteiger partial charge in [0.2, 0.25) is 11.8 Å². The zero-order valence-electron chi connectivity index (χ0n) is 20.1. The first-order valence-electron chi connectivity index (χ1n) is 11.2. The van der Waals surface area contributed by atoms with Crippen LogP contribution in [0, 0.1) is 6.92 Å². The Labute approximate surface area is 199 Å². The molecule has 1 amide bonds. The van der Waals surface area contributed by atoms with Crippen LogP contribution in [0.5, 0.6) is 11.5 Å². The average molecular weight is 466 g/mol. The fourth-order valence-electron chi connectivity index (χ4n) is 3.61. The van der Waals surface area contributed by atoms with E-state index in [-0.39, 0.29) is 24.5 Å². The Hall–Kier alpha value is -3.81. The summed E-state index contributed by atoms with van der Waals surface area (Å²) in [4.78, 5) is 31.4. The molecule has 0 saturated heterocycles. The van der Waals surface area contributed by atoms with E-state index in [0.717, 1.165) is 12.2 Å². The third kappa shape index (κ3) is 6.37. The number of aryl methyl sites for hydroxylation is 1. The monoisotopic (exact) mass is 465 g/mol. The second kappa shape index (κ2) is 11.9. The van der Waals surface area contributed by atoms with Gasteiger partial charge in [0.15, 0.2) is 11.5 Å². The van der Waals surface area contributed by atoms with Crippen LogP contribution in [0.25, 0.3) is 11.5 Å². The summed E-state index contributed by atoms with van der Waals surface area (Å²) in [6.45, 7) is 5.77. The Morgan fingerprint density at radius 3 is 2.47 bits per heavy atom. The highest BCUT2D eigenvalue weighted by molar-refractivity contribution is 5.98. The van der Waals surface area contributed by atoms with Crippen LogP contribution in [-0.2, 0) is 16.0 Å². The van der Waals surface area contributed by atoms with Crippen LogP contribution in [0.4, 0.5) is 5.69 Å². The molecule has 8 nitrogen and oxygen atoms in total. The molecule has 1 aromatic heterocycles. The molecule has 0 aliphatic heterocycles. The number of nitrogens with one attached hydrogen (secondary N) is 1. The normalized spacial score (nSPS) is 10.6. The molecule has 180 valence electrons. The van der Waals surface area contributed by atoms with Gasteiger partial charge in [-0.3, -0.25) is 9.59 Å². The maximum absolute atomic E-state index is 12.5. The number of methoxy groups -OCH3 is 2. The van der Waals surface area contributed by atoms with Crippen LogP contribution in [0.1, 0.15) is 24.8 Å². The van der Waals surface area contributed by atoms with Crippen molar-refractivity contribution >= 4 is 17.4 Å². The highest BCUT2D eigenvalue weighted by Crippen LogP contribution is 2.32. The van der Waals surface area contributed by atoms with Gasteiger partial charge < -0.3 is 24.1 Å². The number of Topliss-reactive ketones (excluding diaryl/α,β-unsaturated/α-hetero) is 1. The van der Waals surface area contributed by atoms with Gasteiger partial charge in [-0.15, -0.1) is 0 Å². The van der Waals surface area contributed by atoms with Crippen molar-refractivity contribution in [2.75, 3.05) is 38.8 Å². The molecule has 1 heterocycles. The highest BCUT2D eigenvalue weighted by atomic mass is 16.5. The van der Waals surface area contributed by atoms with E-state index in [1.165, 1.54) is 0 Å². The van der Waals surface area contributed by atoms with Gasteiger partial charge in [0.1, 0.15) is 11.5 Å². The predicted octanol–water partition coefficient (Wildman–Crippen LogP) is 3.81. The van der Waals surface area contributed by atoms with E-state index in [0.29, 0.717) is 47.5 Å². The Kier molecular flexibility index (Phi) is 8.67. The minimum absolute atomic E-state index is 0.0289. The third-order valence-corrected chi connectivity index (χ3v) is 5.45. The number of hydrogen-bond acceptors (Lipinski definition) is 7. The predicted molar refractivity (Wildman–Crippen MR) is 130 cm³/mol. The molecule has 0 aliphatic carbocycles. The highest BCUT2D eigenvalue weighted by Gasteiger charge is 2.18. The maximum atomic E-state index is 12.5. The molecule has 0 unspecified atom stereocenters. The minimum atomic E-state index is -0.296. The first kappa shape index (κ1) is 24.8. The van der Waals surface area contributed by atoms with Crippen molar-refractivity contribution in [1.29, 1.82) is 0 Å². The number of aromatic nitrogens is 1. The lowest BCUT2D eigenvalue weighted by atomic mass is 10.1. The molecule has 0 atom stereocenters. The molecule has 1 N–H and O–H groups in total. The molecular weight excluding hydrogens is 434 g/mol. The molecule has 0 bridgehead atoms. The molecule has 3 rings (SSSR count). The average Bonchev–Trinajstić information content (AvgIpc) is 3.21. The summed E-state index contributed by atoms with van der Waals surface area (Å²) >= 11 is 0. The number of carbonyl (C=O) groups excluding carboxylic acids is 2. The van der Waals surface area contributed by atoms with E-state index in [4.69, 9.17) is 13.9 Å². The first-order chi connectivity index (χ1) is 16.4. The standard InChI is InChI=1S/C26H31N3O5/c1-5-29(20-9-7-6-8-10-20)14-13-27-25(31)17-21(30)16-22-18(2)34-26(28-22)19-11-12-23(32-3)24(15-19)33-4/h6-12,15H,5,13-14,16-17H2,1-4H3,(H,27,31). The van der Waals surface area contributed by atoms with Gasteiger partial charge in [0.05, 0.1) is 32.8 Å². The molecule has 3 aromatic rings. The summed E-state index contributed by atoms with van der Waals surface area (Å²) in [6, 6.07) is 15.3. The number of likely N-dealkylation sites (N-methyl/N-ethyl adjacent to an activating group) is 1. The van der Waals surface area contributed by atoms with Crippen molar-refractivity contribution in [3.8, 4) is 23.0 Å². The molecule has 0 radical (unpaired) electrons. The summed E-state index contributed by atoms with van der Waals surface area (Å²) in [6.07, 6.45) is -0.170. The molecule has 8 heteroatoms. The van der Waals surface area contributed by atoms with E-state index in [2.05, 4.69) is 22.1 Å². The number of nitrogens with zero attached hydrogens (tertiary/aromatic N) is 2. The van der Waals surface area contributed by atoms with Crippen LogP contribution in [0.3, 0.4) is 0 Å². The van der Waals surface area contributed by atoms with E-state index in [9.17, 15) is 9.59 Å². The first-order valence-corrected chi connectivity index (χ1v) is 11.2. The number of para-hydroxylation sites is 1. The minimum Gasteiger partial charge on any atom is -0.493 e. The fraction of sp³-hybridized carbons (Fsp3) is 0.346. The summed E-state index contributed by atoms with van der Waals surface area (Å²) in [5.41, 5.74) is 2.32. The van der Waals surface area contributed by atoms with Gasteiger partial charge in [0.25, 0.3) is 0 Å². The second-order valence-corrected chi connectivity index (χ2v) is 7.75. The number of amides is 1. The van der Waals surface area contributed by atoms with Crippen LogP contribution in [-0.4, -0.2) is 50.5 Å². The summed E-state index contributed by atoms with van der Waals surface area (Å²) < 4.78 is 16.3. The third-order valence-electron chi connectivity index (χ3n) is 5.45. The van der Waals surface area contributed by atoms with Crippen molar-refractivity contribution in [2.24, 2.45) is 0 Å². The quantitative estimate of drug-likeness (QED) is 0.407. The molecule has 0 aliphatic rings. The number of rotatable bonds is 12. The van der Waals surface area contributed by atoms with Gasteiger partial charge in [-0.05, 0) is 44.2 Å². The number of benzene rings is 2. The van der Waals surface area contributed by atoms with E-state index in [1.54, 1.807) is 39.3 Å². The fourth-order valence-corrected chi connectivity index (χ4v) is 3.61. The lowest BCUT2D eigenvalue weighted by Gasteiger charge is -2.23. The summed E-state index contributed by atoms with van der Waals surface area (Å²) in [7, 11) is 3.12. The van der Waals surface area contributed by atoms with Crippen molar-refractivity contribution in [1.82, 2.24) is 10.3 Å². The van der Waals surface area contributed by atoms with Gasteiger partial charge in [0, 0.05) is 30.9 Å². The van der Waals surface area contributed by atoms with E-state index >= 15 is 0 Å². The van der Waals surface area contributed by atoms with Crippen LogP contribution in [0.2, 0.25) is 0 Å². The topological polar surface area (TPSA) is 93.9 Å². The molecular formula is C26H31N3O5. The lowest BCUT2D eigenvalue weighted by molar-refractivity contribution is -0.127. The maximum Gasteiger partial charge on any atom is 0.227 e. The van der Waals surface area contributed by atoms with E-state index < -0.39 is 0 Å². The number of ether oxygens (including phenoxy) is 2. The Morgan fingerprint density at radius 2 is 1.79 bits per heavy atom. The SMILES string of the molecule is CCN(CCNC(=O)CC(=O)Cc1nc(-c2ccc(OC)c(OC)c2)oc1C)c1ccccc1. The Morgan fingerprint density at radius 1 is 1.06 bits per heavy atom. The van der Waals surface area contributed by atoms with Crippen molar-refractivity contribution in [3.05, 3.63) is 60.0 Å². The number of hydrogen-bond donors (Lipinski definition) is 1. The smallest absolute Gasteiger partial charge is 0.227 e. The largest absolute Gasteiger partial charge is 0.493 e. The molecule has 34 heavy (non-hydrogen) atoms. The van der Waals surface area contributed by atoms with Crippen molar-refractivity contribution < 1.29 is 23.5 Å². The molecule has 0 spiro atoms. The van der Waals surface area contributed by atoms with Crippen molar-refractivity contribution in [3.63, 3.8) is 0 Å². The number of anilines is 1. The summed E-state index contributed by atoms with van der Waals surface area (Å²) in [5.74, 6) is 1.56. The van der Waals surface area contributed by atoms with Gasteiger partial charge in [-0.25, -0.2) is 4.98 Å². The van der Waals surface area contributed by atoms with Crippen LogP contribution in [0.15, 0.2) is 52.9 Å². The van der Waals surface area contributed by atoms with Gasteiger partial charge in [-0.2, -0.15) is 0 Å². The van der Waals surface area contributed by atoms with Crippen LogP contribution < -0.4 is 19.7 Å². The number of oxazole rings is 1.